The molecule has 0 spiro atoms. The average molecular weight is 409 g/mol. The molecule has 0 saturated carbocycles. The van der Waals surface area contributed by atoms with E-state index >= 15 is 0 Å². The van der Waals surface area contributed by atoms with Crippen molar-refractivity contribution in [3.8, 4) is 0 Å². The van der Waals surface area contributed by atoms with Crippen molar-refractivity contribution in [3.63, 3.8) is 0 Å². The summed E-state index contributed by atoms with van der Waals surface area (Å²) in [5.74, 6) is -1.53. The van der Waals surface area contributed by atoms with Gasteiger partial charge in [-0.1, -0.05) is 5.16 Å². The van der Waals surface area contributed by atoms with Gasteiger partial charge in [0, 0.05) is 18.7 Å². The highest BCUT2D eigenvalue weighted by Gasteiger charge is 2.37. The summed E-state index contributed by atoms with van der Waals surface area (Å²) in [4.78, 5) is 24.8. The Morgan fingerprint density at radius 3 is 2.00 bits per heavy atom. The molecule has 2 amide bonds. The minimum absolute atomic E-state index is 0.0433. The first-order valence-electron chi connectivity index (χ1n) is 7.55. The molecule has 12 heteroatoms. The molecule has 1 aromatic carbocycles. The molecular weight excluding hydrogens is 396 g/mol. The van der Waals surface area contributed by atoms with Crippen LogP contribution in [0.1, 0.15) is 27.2 Å². The fourth-order valence-electron chi connectivity index (χ4n) is 2.19. The number of rotatable bonds is 4. The minimum Gasteiger partial charge on any atom is -0.360 e. The number of hydrogen-bond donors (Lipinski definition) is 1. The molecule has 1 N–H and O–H groups in total. The van der Waals surface area contributed by atoms with Gasteiger partial charge in [0.05, 0.1) is 17.7 Å². The van der Waals surface area contributed by atoms with Gasteiger partial charge in [0.25, 0.3) is 5.91 Å². The van der Waals surface area contributed by atoms with Crippen molar-refractivity contribution in [1.29, 1.82) is 0 Å². The van der Waals surface area contributed by atoms with Crippen LogP contribution in [-0.2, 0) is 17.1 Å². The maximum Gasteiger partial charge on any atom is 0.416 e. The molecule has 0 atom stereocenters. The first-order valence-corrected chi connectivity index (χ1v) is 7.55. The van der Waals surface area contributed by atoms with Crippen molar-refractivity contribution in [2.45, 2.75) is 19.3 Å². The fraction of sp³-hybridized carbons (Fsp3) is 0.312. The van der Waals surface area contributed by atoms with Gasteiger partial charge in [-0.2, -0.15) is 26.3 Å². The molecule has 0 aliphatic carbocycles. The molecular formula is C16H13F6N3O3. The van der Waals surface area contributed by atoms with Gasteiger partial charge < -0.3 is 14.7 Å². The van der Waals surface area contributed by atoms with Gasteiger partial charge >= 0.3 is 12.4 Å². The molecule has 1 heterocycles. The van der Waals surface area contributed by atoms with Crippen molar-refractivity contribution >= 4 is 17.6 Å². The maximum absolute atomic E-state index is 12.9. The second-order valence-corrected chi connectivity index (χ2v) is 5.83. The number of nitrogens with zero attached hydrogens (tertiary/aromatic N) is 2. The molecule has 2 aromatic rings. The van der Waals surface area contributed by atoms with E-state index in [4.69, 9.17) is 4.52 Å². The van der Waals surface area contributed by atoms with Crippen LogP contribution >= 0.6 is 0 Å². The number of likely N-dealkylation sites (N-methyl/N-ethyl adjacent to an activating group) is 1. The summed E-state index contributed by atoms with van der Waals surface area (Å²) in [6.07, 6.45) is -10.2. The van der Waals surface area contributed by atoms with Gasteiger partial charge in [-0.25, -0.2) is 0 Å². The van der Waals surface area contributed by atoms with E-state index in [1.165, 1.54) is 6.07 Å². The number of nitrogens with one attached hydrogen (secondary N) is 1. The van der Waals surface area contributed by atoms with Crippen LogP contribution in [0.15, 0.2) is 28.8 Å². The minimum atomic E-state index is -5.09. The monoisotopic (exact) mass is 409 g/mol. The predicted molar refractivity (Wildman–Crippen MR) is 83.3 cm³/mol. The topological polar surface area (TPSA) is 75.4 Å². The third kappa shape index (κ3) is 5.24. The Morgan fingerprint density at radius 1 is 1.04 bits per heavy atom. The Labute approximate surface area is 154 Å². The highest BCUT2D eigenvalue weighted by atomic mass is 19.4. The van der Waals surface area contributed by atoms with Gasteiger partial charge in [0.1, 0.15) is 5.76 Å². The third-order valence-electron chi connectivity index (χ3n) is 3.46. The summed E-state index contributed by atoms with van der Waals surface area (Å²) in [7, 11) is 1.06. The van der Waals surface area contributed by atoms with Crippen molar-refractivity contribution in [1.82, 2.24) is 10.1 Å². The lowest BCUT2D eigenvalue weighted by Crippen LogP contribution is -2.35. The molecule has 0 unspecified atom stereocenters. The van der Waals surface area contributed by atoms with E-state index < -0.39 is 47.4 Å². The molecule has 6 nitrogen and oxygen atoms in total. The molecule has 0 saturated heterocycles. The zero-order chi connectivity index (χ0) is 21.3. The van der Waals surface area contributed by atoms with Crippen molar-refractivity contribution in [3.05, 3.63) is 46.7 Å². The first-order chi connectivity index (χ1) is 12.8. The normalized spacial score (nSPS) is 12.0. The Balaban J connectivity index is 2.22. The highest BCUT2D eigenvalue weighted by Crippen LogP contribution is 2.36. The first kappa shape index (κ1) is 21.3. The summed E-state index contributed by atoms with van der Waals surface area (Å²) in [5.41, 5.74) is -4.10. The molecule has 1 aromatic heterocycles. The summed E-state index contributed by atoms with van der Waals surface area (Å²) in [6.45, 7) is 0.923. The van der Waals surface area contributed by atoms with Crippen LogP contribution in [0.4, 0.5) is 32.2 Å². The number of amides is 2. The van der Waals surface area contributed by atoms with E-state index in [2.05, 4.69) is 10.5 Å². The quantitative estimate of drug-likeness (QED) is 0.781. The number of aryl methyl sites for hydroxylation is 1. The van der Waals surface area contributed by atoms with Crippen LogP contribution in [0.25, 0.3) is 0 Å². The van der Waals surface area contributed by atoms with Crippen LogP contribution in [-0.4, -0.2) is 35.5 Å². The van der Waals surface area contributed by atoms with Crippen LogP contribution < -0.4 is 5.32 Å². The lowest BCUT2D eigenvalue weighted by Gasteiger charge is -2.19. The summed E-state index contributed by atoms with van der Waals surface area (Å²) in [6, 6.07) is 1.89. The van der Waals surface area contributed by atoms with Gasteiger partial charge in [-0.3, -0.25) is 9.59 Å². The maximum atomic E-state index is 12.9. The molecule has 0 fully saturated rings. The Morgan fingerprint density at radius 2 is 1.57 bits per heavy atom. The van der Waals surface area contributed by atoms with E-state index in [0.717, 1.165) is 7.05 Å². The smallest absolute Gasteiger partial charge is 0.360 e. The van der Waals surface area contributed by atoms with Crippen molar-refractivity contribution in [2.24, 2.45) is 0 Å². The van der Waals surface area contributed by atoms with Crippen LogP contribution in [0.3, 0.4) is 0 Å². The van der Waals surface area contributed by atoms with Crippen molar-refractivity contribution in [2.75, 3.05) is 18.9 Å². The second kappa shape index (κ2) is 7.52. The van der Waals surface area contributed by atoms with Crippen LogP contribution in [0.2, 0.25) is 0 Å². The van der Waals surface area contributed by atoms with Crippen molar-refractivity contribution < 1.29 is 40.5 Å². The molecule has 0 bridgehead atoms. The average Bonchev–Trinajstić information content (AvgIpc) is 2.96. The third-order valence-corrected chi connectivity index (χ3v) is 3.46. The summed E-state index contributed by atoms with van der Waals surface area (Å²) in [5, 5.41) is 5.76. The molecule has 2 rings (SSSR count). The van der Waals surface area contributed by atoms with Gasteiger partial charge in [-0.05, 0) is 25.1 Å². The van der Waals surface area contributed by atoms with E-state index in [1.807, 2.05) is 0 Å². The van der Waals surface area contributed by atoms with Crippen LogP contribution in [0, 0.1) is 6.92 Å². The number of anilines is 1. The summed E-state index contributed by atoms with van der Waals surface area (Å²) < 4.78 is 82.0. The number of carbonyl (C=O) groups excluding carboxylic acids is 2. The van der Waals surface area contributed by atoms with Gasteiger partial charge in [0.15, 0.2) is 5.82 Å². The fourth-order valence-corrected chi connectivity index (χ4v) is 2.19. The SMILES string of the molecule is Cc1cc(NC(=O)CN(C)C(=O)c2cc(C(F)(F)F)cc(C(F)(F)F)c2)no1. The lowest BCUT2D eigenvalue weighted by atomic mass is 10.0. The number of benzene rings is 1. The largest absolute Gasteiger partial charge is 0.416 e. The number of carbonyl (C=O) groups is 2. The molecule has 0 radical (unpaired) electrons. The molecule has 0 aliphatic heterocycles. The zero-order valence-corrected chi connectivity index (χ0v) is 14.4. The van der Waals surface area contributed by atoms with E-state index in [-0.39, 0.29) is 11.9 Å². The highest BCUT2D eigenvalue weighted by molar-refractivity contribution is 5.99. The molecule has 28 heavy (non-hydrogen) atoms. The van der Waals surface area contributed by atoms with E-state index in [0.29, 0.717) is 22.8 Å². The van der Waals surface area contributed by atoms with E-state index in [1.54, 1.807) is 6.92 Å². The summed E-state index contributed by atoms with van der Waals surface area (Å²) >= 11 is 0. The zero-order valence-electron chi connectivity index (χ0n) is 14.4. The second-order valence-electron chi connectivity index (χ2n) is 5.83. The number of alkyl halides is 6. The lowest BCUT2D eigenvalue weighted by molar-refractivity contribution is -0.143. The predicted octanol–water partition coefficient (Wildman–Crippen LogP) is 3.73. The van der Waals surface area contributed by atoms with Gasteiger partial charge in [-0.15, -0.1) is 0 Å². The Bertz CT molecular complexity index is 856. The number of halogens is 6. The Hall–Kier alpha value is -3.05. The molecule has 152 valence electrons. The van der Waals surface area contributed by atoms with Crippen LogP contribution in [0.5, 0.6) is 0 Å². The number of aromatic nitrogens is 1. The van der Waals surface area contributed by atoms with E-state index in [9.17, 15) is 35.9 Å². The molecule has 0 aliphatic rings. The Kier molecular flexibility index (Phi) is 5.71. The van der Waals surface area contributed by atoms with Gasteiger partial charge in [0.2, 0.25) is 5.91 Å². The number of hydrogen-bond acceptors (Lipinski definition) is 4. The standard InChI is InChI=1S/C16H13F6N3O3/c1-8-3-12(24-28-8)23-13(26)7-25(2)14(27)9-4-10(15(17,18)19)6-11(5-9)16(20,21)22/h3-6H,7H2,1-2H3,(H,23,24,26).